The van der Waals surface area contributed by atoms with Crippen LogP contribution in [0.1, 0.15) is 5.69 Å². The molecular weight excluding hydrogens is 278 g/mol. The SMILES string of the molecule is Cc1ncc([N+](=O)[O-])cc1OC(F)(F)Br. The maximum absolute atomic E-state index is 12.4. The molecule has 0 atom stereocenters. The number of ether oxygens (including phenoxy) is 1. The summed E-state index contributed by atoms with van der Waals surface area (Å²) >= 11 is 1.96. The first-order chi connectivity index (χ1) is 6.79. The predicted molar refractivity (Wildman–Crippen MR) is 50.1 cm³/mol. The average molecular weight is 283 g/mol. The Morgan fingerprint density at radius 3 is 2.73 bits per heavy atom. The van der Waals surface area contributed by atoms with Gasteiger partial charge in [-0.3, -0.25) is 15.1 Å². The summed E-state index contributed by atoms with van der Waals surface area (Å²) in [4.78, 5) is 13.2. The van der Waals surface area contributed by atoms with E-state index in [0.717, 1.165) is 12.3 Å². The van der Waals surface area contributed by atoms with Crippen LogP contribution in [0, 0.1) is 17.0 Å². The minimum atomic E-state index is -3.57. The first-order valence-electron chi connectivity index (χ1n) is 3.66. The first kappa shape index (κ1) is 11.8. The lowest BCUT2D eigenvalue weighted by atomic mass is 10.3. The summed E-state index contributed by atoms with van der Waals surface area (Å²) in [5.74, 6) is -0.342. The fourth-order valence-corrected chi connectivity index (χ4v) is 1.00. The number of nitro groups is 1. The minimum absolute atomic E-state index is 0.139. The molecule has 0 aliphatic carbocycles. The highest BCUT2D eigenvalue weighted by Crippen LogP contribution is 2.30. The van der Waals surface area contributed by atoms with Crippen molar-refractivity contribution in [3.8, 4) is 5.75 Å². The molecule has 0 saturated heterocycles. The molecule has 15 heavy (non-hydrogen) atoms. The van der Waals surface area contributed by atoms with Crippen molar-refractivity contribution in [2.75, 3.05) is 0 Å². The van der Waals surface area contributed by atoms with E-state index in [1.54, 1.807) is 0 Å². The Morgan fingerprint density at radius 1 is 1.67 bits per heavy atom. The van der Waals surface area contributed by atoms with E-state index in [9.17, 15) is 18.9 Å². The van der Waals surface area contributed by atoms with Crippen molar-refractivity contribution in [2.45, 2.75) is 11.9 Å². The molecule has 1 aromatic rings. The summed E-state index contributed by atoms with van der Waals surface area (Å²) in [5.41, 5.74) is -0.271. The molecule has 1 heterocycles. The molecule has 5 nitrogen and oxygen atoms in total. The first-order valence-corrected chi connectivity index (χ1v) is 4.45. The van der Waals surface area contributed by atoms with Crippen molar-refractivity contribution < 1.29 is 18.4 Å². The van der Waals surface area contributed by atoms with Gasteiger partial charge in [0.2, 0.25) is 0 Å². The number of nitrogens with zero attached hydrogens (tertiary/aromatic N) is 2. The number of hydrogen-bond donors (Lipinski definition) is 0. The average Bonchev–Trinajstić information content (AvgIpc) is 2.06. The van der Waals surface area contributed by atoms with E-state index in [1.807, 2.05) is 15.9 Å². The molecule has 82 valence electrons. The lowest BCUT2D eigenvalue weighted by Crippen LogP contribution is -2.16. The lowest BCUT2D eigenvalue weighted by molar-refractivity contribution is -0.385. The van der Waals surface area contributed by atoms with Gasteiger partial charge in [-0.15, -0.1) is 0 Å². The van der Waals surface area contributed by atoms with Gasteiger partial charge in [-0.25, -0.2) is 0 Å². The Labute approximate surface area is 91.3 Å². The van der Waals surface area contributed by atoms with E-state index in [0.29, 0.717) is 0 Å². The molecule has 0 aromatic carbocycles. The van der Waals surface area contributed by atoms with Gasteiger partial charge in [0.25, 0.3) is 5.69 Å². The zero-order valence-corrected chi connectivity index (χ0v) is 8.99. The number of aryl methyl sites for hydroxylation is 1. The highest BCUT2D eigenvalue weighted by atomic mass is 79.9. The Hall–Kier alpha value is -1.31. The highest BCUT2D eigenvalue weighted by Gasteiger charge is 2.28. The molecule has 1 rings (SSSR count). The van der Waals surface area contributed by atoms with Crippen molar-refractivity contribution in [1.29, 1.82) is 0 Å². The summed E-state index contributed by atoms with van der Waals surface area (Å²) in [6, 6.07) is 0.886. The molecule has 8 heteroatoms. The molecule has 0 saturated carbocycles. The molecule has 0 N–H and O–H groups in total. The molecule has 0 amide bonds. The van der Waals surface area contributed by atoms with E-state index < -0.39 is 15.6 Å². The molecule has 0 radical (unpaired) electrons. The second kappa shape index (κ2) is 4.05. The number of alkyl halides is 3. The van der Waals surface area contributed by atoms with Crippen molar-refractivity contribution in [2.24, 2.45) is 0 Å². The van der Waals surface area contributed by atoms with E-state index in [2.05, 4.69) is 9.72 Å². The normalized spacial score (nSPS) is 11.2. The van der Waals surface area contributed by atoms with Crippen molar-refractivity contribution in [1.82, 2.24) is 4.98 Å². The number of pyridine rings is 1. The monoisotopic (exact) mass is 282 g/mol. The Bertz CT molecular complexity index is 394. The van der Waals surface area contributed by atoms with Crippen molar-refractivity contribution in [3.63, 3.8) is 0 Å². The van der Waals surface area contributed by atoms with Crippen LogP contribution in [0.4, 0.5) is 14.5 Å². The third kappa shape index (κ3) is 3.39. The molecule has 1 aromatic heterocycles. The fourth-order valence-electron chi connectivity index (χ4n) is 0.830. The predicted octanol–water partition coefficient (Wildman–Crippen LogP) is 2.62. The quantitative estimate of drug-likeness (QED) is 0.486. The van der Waals surface area contributed by atoms with E-state index in [1.165, 1.54) is 6.92 Å². The molecule has 0 aliphatic rings. The van der Waals surface area contributed by atoms with Gasteiger partial charge in [0.05, 0.1) is 16.7 Å². The highest BCUT2D eigenvalue weighted by molar-refractivity contribution is 9.09. The van der Waals surface area contributed by atoms with Gasteiger partial charge in [0.1, 0.15) is 6.20 Å². The second-order valence-corrected chi connectivity index (χ2v) is 3.51. The summed E-state index contributed by atoms with van der Waals surface area (Å²) in [6.07, 6.45) is 0.967. The Kier molecular flexibility index (Phi) is 3.18. The number of rotatable bonds is 3. The third-order valence-corrected chi connectivity index (χ3v) is 1.62. The molecule has 0 unspecified atom stereocenters. The third-order valence-electron chi connectivity index (χ3n) is 1.46. The zero-order chi connectivity index (χ0) is 11.6. The fraction of sp³-hybridized carbons (Fsp3) is 0.286. The number of hydrogen-bond acceptors (Lipinski definition) is 4. The number of halogens is 3. The molecule has 0 spiro atoms. The van der Waals surface area contributed by atoms with Crippen LogP contribution in [-0.4, -0.2) is 14.9 Å². The van der Waals surface area contributed by atoms with Gasteiger partial charge in [-0.05, 0) is 6.92 Å². The van der Waals surface area contributed by atoms with Gasteiger partial charge < -0.3 is 4.74 Å². The standard InChI is InChI=1S/C7H5BrF2N2O3/c1-4-6(15-7(8,9)10)2-5(3-11-4)12(13)14/h2-3H,1H3. The maximum atomic E-state index is 12.4. The minimum Gasteiger partial charge on any atom is -0.422 e. The van der Waals surface area contributed by atoms with Crippen molar-refractivity contribution >= 4 is 21.6 Å². The maximum Gasteiger partial charge on any atom is 0.459 e. The lowest BCUT2D eigenvalue weighted by Gasteiger charge is -2.11. The van der Waals surface area contributed by atoms with Gasteiger partial charge in [0.15, 0.2) is 5.75 Å². The summed E-state index contributed by atoms with van der Waals surface area (Å²) < 4.78 is 29.0. The van der Waals surface area contributed by atoms with Crippen molar-refractivity contribution in [3.05, 3.63) is 28.1 Å². The van der Waals surface area contributed by atoms with Crippen LogP contribution in [0.5, 0.6) is 5.75 Å². The van der Waals surface area contributed by atoms with Gasteiger partial charge >= 0.3 is 5.02 Å². The zero-order valence-electron chi connectivity index (χ0n) is 7.41. The van der Waals surface area contributed by atoms with Crippen LogP contribution in [0.3, 0.4) is 0 Å². The largest absolute Gasteiger partial charge is 0.459 e. The smallest absolute Gasteiger partial charge is 0.422 e. The van der Waals surface area contributed by atoms with E-state index in [4.69, 9.17) is 0 Å². The van der Waals surface area contributed by atoms with Crippen LogP contribution in [-0.2, 0) is 0 Å². The van der Waals surface area contributed by atoms with Crippen LogP contribution < -0.4 is 4.74 Å². The second-order valence-electron chi connectivity index (χ2n) is 2.58. The van der Waals surface area contributed by atoms with E-state index in [-0.39, 0.29) is 11.4 Å². The Morgan fingerprint density at radius 2 is 2.27 bits per heavy atom. The van der Waals surface area contributed by atoms with Crippen LogP contribution in [0.25, 0.3) is 0 Å². The van der Waals surface area contributed by atoms with Gasteiger partial charge in [0, 0.05) is 15.9 Å². The molecule has 0 aliphatic heterocycles. The summed E-state index contributed by atoms with van der Waals surface area (Å²) in [7, 11) is 0. The van der Waals surface area contributed by atoms with Crippen LogP contribution >= 0.6 is 15.9 Å². The van der Waals surface area contributed by atoms with Crippen LogP contribution in [0.2, 0.25) is 0 Å². The molecule has 0 bridgehead atoms. The summed E-state index contributed by atoms with van der Waals surface area (Å²) in [5, 5.41) is 6.77. The molecular formula is C7H5BrF2N2O3. The Balaban J connectivity index is 3.06. The number of aromatic nitrogens is 1. The van der Waals surface area contributed by atoms with E-state index >= 15 is 0 Å². The molecule has 0 fully saturated rings. The van der Waals surface area contributed by atoms with Crippen LogP contribution in [0.15, 0.2) is 12.3 Å². The summed E-state index contributed by atoms with van der Waals surface area (Å²) in [6.45, 7) is 1.40. The topological polar surface area (TPSA) is 65.3 Å². The van der Waals surface area contributed by atoms with Gasteiger partial charge in [-0.2, -0.15) is 8.78 Å². The van der Waals surface area contributed by atoms with Gasteiger partial charge in [-0.1, -0.05) is 0 Å².